The van der Waals surface area contributed by atoms with Crippen LogP contribution in [0.1, 0.15) is 30.0 Å². The lowest BCUT2D eigenvalue weighted by molar-refractivity contribution is -0.119. The van der Waals surface area contributed by atoms with E-state index in [0.717, 1.165) is 45.8 Å². The van der Waals surface area contributed by atoms with Gasteiger partial charge < -0.3 is 10.1 Å². The van der Waals surface area contributed by atoms with Crippen molar-refractivity contribution in [2.24, 2.45) is 0 Å². The van der Waals surface area contributed by atoms with Gasteiger partial charge in [-0.05, 0) is 74.6 Å². The lowest BCUT2D eigenvalue weighted by atomic mass is 10.1. The summed E-state index contributed by atoms with van der Waals surface area (Å²) in [6.45, 7) is 6.64. The number of amides is 1. The zero-order chi connectivity index (χ0) is 21.4. The Labute approximate surface area is 173 Å². The predicted octanol–water partition coefficient (Wildman–Crippen LogP) is 3.22. The van der Waals surface area contributed by atoms with Crippen molar-refractivity contribution in [2.45, 2.75) is 33.6 Å². The van der Waals surface area contributed by atoms with E-state index < -0.39 is 10.0 Å². The number of hydrogen-bond donors (Lipinski definition) is 1. The molecule has 0 fully saturated rings. The molecule has 2 aromatic rings. The summed E-state index contributed by atoms with van der Waals surface area (Å²) in [7, 11) is -3.57. The topological polar surface area (TPSA) is 75.7 Å². The summed E-state index contributed by atoms with van der Waals surface area (Å²) in [6, 6.07) is 13.4. The van der Waals surface area contributed by atoms with Crippen molar-refractivity contribution in [1.82, 2.24) is 5.32 Å². The number of nitrogens with zero attached hydrogens (tertiary/aromatic N) is 1. The highest BCUT2D eigenvalue weighted by Crippen LogP contribution is 2.21. The molecule has 0 aromatic heterocycles. The number of ether oxygens (including phenoxy) is 1. The van der Waals surface area contributed by atoms with Gasteiger partial charge in [-0.1, -0.05) is 18.2 Å². The van der Waals surface area contributed by atoms with Crippen molar-refractivity contribution in [3.63, 3.8) is 0 Å². The van der Waals surface area contributed by atoms with E-state index in [4.69, 9.17) is 4.74 Å². The molecular formula is C22H30N2O4S. The summed E-state index contributed by atoms with van der Waals surface area (Å²) in [5.74, 6) is 0.526. The van der Waals surface area contributed by atoms with E-state index in [1.807, 2.05) is 51.1 Å². The fraction of sp³-hybridized carbons (Fsp3) is 0.409. The number of rotatable bonds is 10. The molecule has 1 N–H and O–H groups in total. The van der Waals surface area contributed by atoms with Gasteiger partial charge in [-0.25, -0.2) is 8.42 Å². The van der Waals surface area contributed by atoms with E-state index in [2.05, 4.69) is 5.32 Å². The number of sulfonamides is 1. The van der Waals surface area contributed by atoms with Crippen LogP contribution < -0.4 is 14.4 Å². The van der Waals surface area contributed by atoms with Crippen molar-refractivity contribution in [1.29, 1.82) is 0 Å². The average molecular weight is 419 g/mol. The van der Waals surface area contributed by atoms with Crippen molar-refractivity contribution >= 4 is 21.6 Å². The maximum Gasteiger partial charge on any atom is 0.240 e. The van der Waals surface area contributed by atoms with Gasteiger partial charge in [0.1, 0.15) is 12.3 Å². The first kappa shape index (κ1) is 22.7. The third-order valence-corrected chi connectivity index (χ3v) is 5.52. The van der Waals surface area contributed by atoms with Crippen molar-refractivity contribution < 1.29 is 17.9 Å². The summed E-state index contributed by atoms with van der Waals surface area (Å²) >= 11 is 0. The Kier molecular flexibility index (Phi) is 8.08. The van der Waals surface area contributed by atoms with E-state index in [1.54, 1.807) is 12.1 Å². The molecule has 7 heteroatoms. The van der Waals surface area contributed by atoms with Crippen molar-refractivity contribution in [2.75, 3.05) is 30.3 Å². The second-order valence-corrected chi connectivity index (χ2v) is 9.05. The highest BCUT2D eigenvalue weighted by molar-refractivity contribution is 7.92. The van der Waals surface area contributed by atoms with Crippen LogP contribution >= 0.6 is 0 Å². The molecule has 0 atom stereocenters. The predicted molar refractivity (Wildman–Crippen MR) is 117 cm³/mol. The molecule has 158 valence electrons. The minimum atomic E-state index is -3.57. The van der Waals surface area contributed by atoms with E-state index >= 15 is 0 Å². The Balaban J connectivity index is 1.88. The van der Waals surface area contributed by atoms with Crippen LogP contribution in [-0.4, -0.2) is 40.3 Å². The largest absolute Gasteiger partial charge is 0.494 e. The molecule has 0 unspecified atom stereocenters. The molecule has 0 bridgehead atoms. The molecule has 0 saturated carbocycles. The Hall–Kier alpha value is -2.54. The van der Waals surface area contributed by atoms with Gasteiger partial charge in [-0.3, -0.25) is 9.10 Å². The SMILES string of the molecule is CCOc1ccc(CCCNC(=O)CN(c2cc(C)cc(C)c2)S(C)(=O)=O)cc1. The minimum absolute atomic E-state index is 0.231. The summed E-state index contributed by atoms with van der Waals surface area (Å²) in [6.07, 6.45) is 2.70. The third kappa shape index (κ3) is 7.42. The maximum atomic E-state index is 12.3. The molecule has 1 amide bonds. The van der Waals surface area contributed by atoms with Crippen LogP contribution in [0.3, 0.4) is 0 Å². The average Bonchev–Trinajstić information content (AvgIpc) is 2.63. The van der Waals surface area contributed by atoms with E-state index in [0.29, 0.717) is 18.8 Å². The lowest BCUT2D eigenvalue weighted by Crippen LogP contribution is -2.40. The molecular weight excluding hydrogens is 388 g/mol. The molecule has 0 radical (unpaired) electrons. The molecule has 0 spiro atoms. The number of nitrogens with one attached hydrogen (secondary N) is 1. The van der Waals surface area contributed by atoms with Crippen molar-refractivity contribution in [3.05, 3.63) is 59.2 Å². The monoisotopic (exact) mass is 418 g/mol. The molecule has 0 heterocycles. The first-order chi connectivity index (χ1) is 13.7. The van der Waals surface area contributed by atoms with Crippen LogP contribution in [0.4, 0.5) is 5.69 Å². The van der Waals surface area contributed by atoms with Gasteiger partial charge in [0.2, 0.25) is 15.9 Å². The van der Waals surface area contributed by atoms with E-state index in [1.165, 1.54) is 0 Å². The van der Waals surface area contributed by atoms with Gasteiger partial charge in [0.05, 0.1) is 18.6 Å². The Morgan fingerprint density at radius 2 is 1.69 bits per heavy atom. The Morgan fingerprint density at radius 1 is 1.07 bits per heavy atom. The van der Waals surface area contributed by atoms with E-state index in [9.17, 15) is 13.2 Å². The zero-order valence-corrected chi connectivity index (χ0v) is 18.4. The number of aryl methyl sites for hydroxylation is 3. The van der Waals surface area contributed by atoms with Crippen LogP contribution in [0.5, 0.6) is 5.75 Å². The lowest BCUT2D eigenvalue weighted by Gasteiger charge is -2.22. The van der Waals surface area contributed by atoms with Crippen LogP contribution in [-0.2, 0) is 21.2 Å². The summed E-state index contributed by atoms with van der Waals surface area (Å²) in [4.78, 5) is 12.3. The fourth-order valence-electron chi connectivity index (χ4n) is 3.12. The standard InChI is InChI=1S/C22H30N2O4S/c1-5-28-21-10-8-19(9-11-21)7-6-12-23-22(25)16-24(29(4,26)27)20-14-17(2)13-18(3)15-20/h8-11,13-15H,5-7,12,16H2,1-4H3,(H,23,25). The highest BCUT2D eigenvalue weighted by Gasteiger charge is 2.21. The molecule has 0 aliphatic carbocycles. The van der Waals surface area contributed by atoms with Gasteiger partial charge in [0.15, 0.2) is 0 Å². The Bertz CT molecular complexity index is 904. The smallest absolute Gasteiger partial charge is 0.240 e. The van der Waals surface area contributed by atoms with Crippen LogP contribution in [0, 0.1) is 13.8 Å². The van der Waals surface area contributed by atoms with Gasteiger partial charge in [0, 0.05) is 6.54 Å². The first-order valence-corrected chi connectivity index (χ1v) is 11.6. The Morgan fingerprint density at radius 3 is 2.24 bits per heavy atom. The molecule has 2 rings (SSSR count). The maximum absolute atomic E-state index is 12.3. The highest BCUT2D eigenvalue weighted by atomic mass is 32.2. The second-order valence-electron chi connectivity index (χ2n) is 7.15. The van der Waals surface area contributed by atoms with E-state index in [-0.39, 0.29) is 12.5 Å². The summed E-state index contributed by atoms with van der Waals surface area (Å²) < 4.78 is 31.0. The number of benzene rings is 2. The van der Waals surface area contributed by atoms with Crippen LogP contribution in [0.2, 0.25) is 0 Å². The quantitative estimate of drug-likeness (QED) is 0.601. The molecule has 2 aromatic carbocycles. The molecule has 29 heavy (non-hydrogen) atoms. The normalized spacial score (nSPS) is 11.2. The zero-order valence-electron chi connectivity index (χ0n) is 17.6. The molecule has 6 nitrogen and oxygen atoms in total. The number of hydrogen-bond acceptors (Lipinski definition) is 4. The molecule has 0 saturated heterocycles. The van der Waals surface area contributed by atoms with Gasteiger partial charge in [-0.15, -0.1) is 0 Å². The minimum Gasteiger partial charge on any atom is -0.494 e. The number of carbonyl (C=O) groups excluding carboxylic acids is 1. The number of carbonyl (C=O) groups is 1. The van der Waals surface area contributed by atoms with Gasteiger partial charge in [-0.2, -0.15) is 0 Å². The fourth-order valence-corrected chi connectivity index (χ4v) is 3.96. The summed E-state index contributed by atoms with van der Waals surface area (Å²) in [5.41, 5.74) is 3.57. The first-order valence-electron chi connectivity index (χ1n) is 9.73. The summed E-state index contributed by atoms with van der Waals surface area (Å²) in [5, 5.41) is 2.82. The van der Waals surface area contributed by atoms with Crippen LogP contribution in [0.15, 0.2) is 42.5 Å². The van der Waals surface area contributed by atoms with Gasteiger partial charge >= 0.3 is 0 Å². The van der Waals surface area contributed by atoms with Crippen LogP contribution in [0.25, 0.3) is 0 Å². The molecule has 0 aliphatic heterocycles. The van der Waals surface area contributed by atoms with Gasteiger partial charge in [0.25, 0.3) is 0 Å². The third-order valence-electron chi connectivity index (χ3n) is 4.38. The second kappa shape index (κ2) is 10.3. The van der Waals surface area contributed by atoms with Crippen molar-refractivity contribution in [3.8, 4) is 5.75 Å². The number of anilines is 1. The molecule has 0 aliphatic rings.